The van der Waals surface area contributed by atoms with E-state index in [1.165, 1.54) is 6.07 Å². The van der Waals surface area contributed by atoms with Crippen molar-refractivity contribution in [2.45, 2.75) is 0 Å². The smallest absolute Gasteiger partial charge is 0.278 e. The molecule has 0 bridgehead atoms. The van der Waals surface area contributed by atoms with Gasteiger partial charge in [0.15, 0.2) is 0 Å². The van der Waals surface area contributed by atoms with E-state index in [-0.39, 0.29) is 10.6 Å². The summed E-state index contributed by atoms with van der Waals surface area (Å²) in [5, 5.41) is 15.5. The highest BCUT2D eigenvalue weighted by Gasteiger charge is 2.15. The molecule has 0 spiro atoms. The third-order valence-electron chi connectivity index (χ3n) is 3.08. The van der Waals surface area contributed by atoms with E-state index in [0.29, 0.717) is 5.39 Å². The average molecular weight is 260 g/mol. The summed E-state index contributed by atoms with van der Waals surface area (Å²) < 4.78 is 0. The summed E-state index contributed by atoms with van der Waals surface area (Å²) in [5.41, 5.74) is 1.06. The van der Waals surface area contributed by atoms with Crippen LogP contribution in [-0.2, 0) is 0 Å². The molecule has 0 saturated heterocycles. The minimum atomic E-state index is -0.374. The summed E-state index contributed by atoms with van der Waals surface area (Å²) in [6.45, 7) is 1.67. The Bertz CT molecular complexity index is 600. The Morgan fingerprint density at radius 3 is 2.84 bits per heavy atom. The number of nitrogens with zero attached hydrogens (tertiary/aromatic N) is 3. The van der Waals surface area contributed by atoms with Crippen molar-refractivity contribution in [1.82, 2.24) is 10.3 Å². The van der Waals surface area contributed by atoms with E-state index in [4.69, 9.17) is 0 Å². The van der Waals surface area contributed by atoms with E-state index < -0.39 is 0 Å². The van der Waals surface area contributed by atoms with E-state index in [1.54, 1.807) is 18.5 Å². The number of likely N-dealkylation sites (N-methyl/N-ethyl adjacent to an activating group) is 2. The number of fused-ring (bicyclic) bond motifs is 1. The normalized spacial score (nSPS) is 10.6. The maximum atomic E-state index is 11.0. The third kappa shape index (κ3) is 2.63. The van der Waals surface area contributed by atoms with Crippen LogP contribution in [-0.4, -0.2) is 37.1 Å². The molecule has 6 nitrogen and oxygen atoms in total. The molecule has 2 aromatic rings. The number of hydrogen-bond acceptors (Lipinski definition) is 5. The first-order chi connectivity index (χ1) is 9.15. The summed E-state index contributed by atoms with van der Waals surface area (Å²) in [4.78, 5) is 16.7. The topological polar surface area (TPSA) is 71.3 Å². The average Bonchev–Trinajstić information content (AvgIpc) is 2.43. The molecule has 1 N–H and O–H groups in total. The molecule has 0 radical (unpaired) electrons. The molecule has 0 unspecified atom stereocenters. The van der Waals surface area contributed by atoms with Crippen molar-refractivity contribution in [2.75, 3.05) is 32.1 Å². The zero-order valence-electron chi connectivity index (χ0n) is 11.0. The summed E-state index contributed by atoms with van der Waals surface area (Å²) in [5.74, 6) is 0. The Hall–Kier alpha value is -2.21. The highest BCUT2D eigenvalue weighted by Crippen LogP contribution is 2.32. The van der Waals surface area contributed by atoms with Crippen LogP contribution >= 0.6 is 0 Å². The minimum Gasteiger partial charge on any atom is -0.373 e. The summed E-state index contributed by atoms with van der Waals surface area (Å²) in [6, 6.07) is 5.14. The first-order valence-corrected chi connectivity index (χ1v) is 6.02. The first-order valence-electron chi connectivity index (χ1n) is 6.02. The molecule has 1 heterocycles. The number of nitrogens with one attached hydrogen (secondary N) is 1. The molecule has 2 rings (SSSR count). The highest BCUT2D eigenvalue weighted by atomic mass is 16.6. The minimum absolute atomic E-state index is 0.0915. The first kappa shape index (κ1) is 13.2. The van der Waals surface area contributed by atoms with Crippen LogP contribution in [0.15, 0.2) is 30.6 Å². The highest BCUT2D eigenvalue weighted by molar-refractivity contribution is 5.99. The van der Waals surface area contributed by atoms with E-state index in [0.717, 1.165) is 24.2 Å². The summed E-state index contributed by atoms with van der Waals surface area (Å²) >= 11 is 0. The number of nitro groups is 1. The molecule has 0 aliphatic heterocycles. The third-order valence-corrected chi connectivity index (χ3v) is 3.08. The van der Waals surface area contributed by atoms with Gasteiger partial charge in [-0.3, -0.25) is 15.1 Å². The van der Waals surface area contributed by atoms with Crippen LogP contribution in [0.1, 0.15) is 0 Å². The predicted molar refractivity (Wildman–Crippen MR) is 75.6 cm³/mol. The molecule has 1 aromatic heterocycles. The van der Waals surface area contributed by atoms with Crippen LogP contribution in [0, 0.1) is 10.1 Å². The van der Waals surface area contributed by atoms with Gasteiger partial charge in [-0.1, -0.05) is 0 Å². The van der Waals surface area contributed by atoms with Gasteiger partial charge in [0.1, 0.15) is 0 Å². The lowest BCUT2D eigenvalue weighted by Crippen LogP contribution is -2.27. The molecule has 0 aliphatic rings. The summed E-state index contributed by atoms with van der Waals surface area (Å²) in [6.07, 6.45) is 3.20. The zero-order chi connectivity index (χ0) is 13.8. The van der Waals surface area contributed by atoms with Gasteiger partial charge in [0, 0.05) is 49.7 Å². The Morgan fingerprint density at radius 2 is 2.16 bits per heavy atom. The van der Waals surface area contributed by atoms with Gasteiger partial charge in [-0.15, -0.1) is 0 Å². The van der Waals surface area contributed by atoms with E-state index in [9.17, 15) is 10.1 Å². The van der Waals surface area contributed by atoms with Gasteiger partial charge in [0.25, 0.3) is 5.69 Å². The predicted octanol–water partition coefficient (Wildman–Crippen LogP) is 1.80. The van der Waals surface area contributed by atoms with Crippen LogP contribution in [0.3, 0.4) is 0 Å². The van der Waals surface area contributed by atoms with Gasteiger partial charge in [-0.2, -0.15) is 0 Å². The molecule has 19 heavy (non-hydrogen) atoms. The number of benzene rings is 1. The van der Waals surface area contributed by atoms with Crippen LogP contribution in [0.4, 0.5) is 11.4 Å². The number of anilines is 1. The second-order valence-corrected chi connectivity index (χ2v) is 4.31. The van der Waals surface area contributed by atoms with Crippen molar-refractivity contribution in [3.05, 3.63) is 40.7 Å². The molecule has 0 aliphatic carbocycles. The maximum Gasteiger partial charge on any atom is 0.278 e. The standard InChI is InChI=1S/C13H16N4O2/c1-14-7-8-16(2)12-3-4-13(17(18)19)11-9-15-6-5-10(11)12/h3-6,9,14H,7-8H2,1-2H3. The molecule has 0 atom stereocenters. The molecule has 1 aromatic carbocycles. The van der Waals surface area contributed by atoms with E-state index >= 15 is 0 Å². The van der Waals surface area contributed by atoms with Gasteiger partial charge in [-0.25, -0.2) is 0 Å². The Kier molecular flexibility index (Phi) is 3.91. The molecular weight excluding hydrogens is 244 g/mol. The SMILES string of the molecule is CNCCN(C)c1ccc([N+](=O)[O-])c2cnccc12. The van der Waals surface area contributed by atoms with E-state index in [2.05, 4.69) is 15.2 Å². The monoisotopic (exact) mass is 260 g/mol. The maximum absolute atomic E-state index is 11.0. The Morgan fingerprint density at radius 1 is 1.37 bits per heavy atom. The number of nitro benzene ring substituents is 1. The fraction of sp³-hybridized carbons (Fsp3) is 0.308. The second kappa shape index (κ2) is 5.62. The number of aromatic nitrogens is 1. The number of pyridine rings is 1. The van der Waals surface area contributed by atoms with E-state index in [1.807, 2.05) is 20.2 Å². The molecule has 100 valence electrons. The van der Waals surface area contributed by atoms with Gasteiger partial charge in [-0.05, 0) is 19.2 Å². The van der Waals surface area contributed by atoms with Gasteiger partial charge in [0.05, 0.1) is 10.3 Å². The second-order valence-electron chi connectivity index (χ2n) is 4.31. The van der Waals surface area contributed by atoms with Crippen LogP contribution < -0.4 is 10.2 Å². The van der Waals surface area contributed by atoms with Crippen molar-refractivity contribution >= 4 is 22.1 Å². The van der Waals surface area contributed by atoms with Crippen LogP contribution in [0.2, 0.25) is 0 Å². The lowest BCUT2D eigenvalue weighted by Gasteiger charge is -2.20. The van der Waals surface area contributed by atoms with Crippen molar-refractivity contribution < 1.29 is 4.92 Å². The molecule has 0 saturated carbocycles. The number of non-ortho nitro benzene ring substituents is 1. The lowest BCUT2D eigenvalue weighted by molar-refractivity contribution is -0.383. The Labute approximate surface area is 111 Å². The molecule has 0 amide bonds. The largest absolute Gasteiger partial charge is 0.373 e. The van der Waals surface area contributed by atoms with Crippen molar-refractivity contribution in [3.63, 3.8) is 0 Å². The van der Waals surface area contributed by atoms with Crippen molar-refractivity contribution in [1.29, 1.82) is 0 Å². The van der Waals surface area contributed by atoms with Crippen molar-refractivity contribution in [3.8, 4) is 0 Å². The van der Waals surface area contributed by atoms with Crippen LogP contribution in [0.5, 0.6) is 0 Å². The van der Waals surface area contributed by atoms with Gasteiger partial charge in [0.2, 0.25) is 0 Å². The fourth-order valence-corrected chi connectivity index (χ4v) is 2.05. The molecule has 6 heteroatoms. The van der Waals surface area contributed by atoms with Crippen molar-refractivity contribution in [2.24, 2.45) is 0 Å². The molecule has 0 fully saturated rings. The Balaban J connectivity index is 2.52. The lowest BCUT2D eigenvalue weighted by atomic mass is 10.1. The van der Waals surface area contributed by atoms with Gasteiger partial charge >= 0.3 is 0 Å². The summed E-state index contributed by atoms with van der Waals surface area (Å²) in [7, 11) is 3.87. The quantitative estimate of drug-likeness (QED) is 0.655. The zero-order valence-corrected chi connectivity index (χ0v) is 11.0. The van der Waals surface area contributed by atoms with Gasteiger partial charge < -0.3 is 10.2 Å². The number of hydrogen-bond donors (Lipinski definition) is 1. The molecular formula is C13H16N4O2. The van der Waals surface area contributed by atoms with Crippen LogP contribution in [0.25, 0.3) is 10.8 Å². The number of rotatable bonds is 5. The fourth-order valence-electron chi connectivity index (χ4n) is 2.05.